The zero-order valence-electron chi connectivity index (χ0n) is 18.0. The molecule has 0 spiro atoms. The predicted molar refractivity (Wildman–Crippen MR) is 113 cm³/mol. The van der Waals surface area contributed by atoms with E-state index in [2.05, 4.69) is 17.9 Å². The van der Waals surface area contributed by atoms with Crippen molar-refractivity contribution in [3.63, 3.8) is 0 Å². The summed E-state index contributed by atoms with van der Waals surface area (Å²) in [6.07, 6.45) is 7.63. The molecule has 0 radical (unpaired) electrons. The standard InChI is InChI=1S/C13H24N2.C6H5F.2C2H6/c1-3-13(8-7-12(2)11-14)15-9-5-4-6-10-15;7-6-4-2-1-3-5-6;2*1-2/h12-13H,3-10H2,1-2H3;1-5H;2*1-2H3. The fourth-order valence-corrected chi connectivity index (χ4v) is 2.85. The lowest BCUT2D eigenvalue weighted by Crippen LogP contribution is -2.39. The molecule has 2 unspecified atom stereocenters. The lowest BCUT2D eigenvalue weighted by molar-refractivity contribution is 0.147. The van der Waals surface area contributed by atoms with Gasteiger partial charge in [-0.1, -0.05) is 59.2 Å². The number of piperidine rings is 1. The third kappa shape index (κ3) is 13.8. The molecule has 1 aromatic rings. The number of hydrogen-bond donors (Lipinski definition) is 0. The molecule has 1 saturated heterocycles. The summed E-state index contributed by atoms with van der Waals surface area (Å²) >= 11 is 0. The first-order valence-electron chi connectivity index (χ1n) is 10.5. The van der Waals surface area contributed by atoms with Crippen LogP contribution in [0.5, 0.6) is 0 Å². The van der Waals surface area contributed by atoms with E-state index in [0.717, 1.165) is 12.5 Å². The van der Waals surface area contributed by atoms with E-state index in [9.17, 15) is 4.39 Å². The van der Waals surface area contributed by atoms with E-state index in [1.807, 2.05) is 34.6 Å². The summed E-state index contributed by atoms with van der Waals surface area (Å²) < 4.78 is 11.9. The summed E-state index contributed by atoms with van der Waals surface area (Å²) in [7, 11) is 0. The molecular formula is C23H41FN2. The minimum Gasteiger partial charge on any atom is -0.300 e. The van der Waals surface area contributed by atoms with Crippen LogP contribution in [0.2, 0.25) is 0 Å². The fourth-order valence-electron chi connectivity index (χ4n) is 2.85. The number of rotatable bonds is 5. The van der Waals surface area contributed by atoms with Crippen molar-refractivity contribution < 1.29 is 4.39 Å². The van der Waals surface area contributed by atoms with Crippen molar-refractivity contribution in [1.82, 2.24) is 4.90 Å². The highest BCUT2D eigenvalue weighted by Crippen LogP contribution is 2.19. The number of likely N-dealkylation sites (tertiary alicyclic amines) is 1. The Balaban J connectivity index is 0. The van der Waals surface area contributed by atoms with Gasteiger partial charge in [0.25, 0.3) is 0 Å². The largest absolute Gasteiger partial charge is 0.300 e. The molecule has 0 saturated carbocycles. The van der Waals surface area contributed by atoms with Crippen LogP contribution in [-0.4, -0.2) is 24.0 Å². The van der Waals surface area contributed by atoms with Gasteiger partial charge in [0.2, 0.25) is 0 Å². The van der Waals surface area contributed by atoms with E-state index in [0.29, 0.717) is 0 Å². The molecule has 3 heteroatoms. The molecule has 1 aromatic carbocycles. The van der Waals surface area contributed by atoms with Crippen LogP contribution in [-0.2, 0) is 0 Å². The van der Waals surface area contributed by atoms with Crippen molar-refractivity contribution in [2.24, 2.45) is 5.92 Å². The van der Waals surface area contributed by atoms with Crippen LogP contribution in [0.3, 0.4) is 0 Å². The second-order valence-corrected chi connectivity index (χ2v) is 6.06. The van der Waals surface area contributed by atoms with Gasteiger partial charge in [0, 0.05) is 12.0 Å². The smallest absolute Gasteiger partial charge is 0.123 e. The van der Waals surface area contributed by atoms with E-state index in [4.69, 9.17) is 5.26 Å². The van der Waals surface area contributed by atoms with Gasteiger partial charge in [-0.3, -0.25) is 0 Å². The molecule has 150 valence electrons. The molecule has 26 heavy (non-hydrogen) atoms. The zero-order chi connectivity index (χ0) is 20.2. The summed E-state index contributed by atoms with van der Waals surface area (Å²) in [5.74, 6) is 0.0475. The molecule has 0 amide bonds. The number of hydrogen-bond acceptors (Lipinski definition) is 2. The van der Waals surface area contributed by atoms with Crippen molar-refractivity contribution in [1.29, 1.82) is 5.26 Å². The van der Waals surface area contributed by atoms with Crippen molar-refractivity contribution >= 4 is 0 Å². The van der Waals surface area contributed by atoms with Crippen LogP contribution >= 0.6 is 0 Å². The fraction of sp³-hybridized carbons (Fsp3) is 0.696. The van der Waals surface area contributed by atoms with E-state index < -0.39 is 0 Å². The highest BCUT2D eigenvalue weighted by Gasteiger charge is 2.19. The molecule has 2 rings (SSSR count). The summed E-state index contributed by atoms with van der Waals surface area (Å²) in [6.45, 7) is 14.9. The molecular weight excluding hydrogens is 323 g/mol. The van der Waals surface area contributed by atoms with Crippen LogP contribution in [0, 0.1) is 23.1 Å². The normalized spacial score (nSPS) is 15.5. The molecule has 0 aliphatic carbocycles. The molecule has 2 atom stereocenters. The highest BCUT2D eigenvalue weighted by atomic mass is 19.1. The minimum atomic E-state index is -0.178. The first-order chi connectivity index (χ1) is 12.7. The molecule has 0 bridgehead atoms. The minimum absolute atomic E-state index is 0.178. The van der Waals surface area contributed by atoms with Gasteiger partial charge in [0.1, 0.15) is 5.82 Å². The first-order valence-corrected chi connectivity index (χ1v) is 10.5. The van der Waals surface area contributed by atoms with Gasteiger partial charge in [-0.15, -0.1) is 0 Å². The quantitative estimate of drug-likeness (QED) is 0.558. The van der Waals surface area contributed by atoms with Crippen molar-refractivity contribution in [2.75, 3.05) is 13.1 Å². The lowest BCUT2D eigenvalue weighted by Gasteiger charge is -2.34. The molecule has 2 nitrogen and oxygen atoms in total. The van der Waals surface area contributed by atoms with Crippen LogP contribution in [0.4, 0.5) is 4.39 Å². The van der Waals surface area contributed by atoms with Crippen molar-refractivity contribution in [3.05, 3.63) is 36.1 Å². The van der Waals surface area contributed by atoms with Crippen molar-refractivity contribution in [3.8, 4) is 6.07 Å². The summed E-state index contributed by atoms with van der Waals surface area (Å²) in [5.41, 5.74) is 0. The Kier molecular flexibility index (Phi) is 20.6. The predicted octanol–water partition coefficient (Wildman–Crippen LogP) is 7.07. The topological polar surface area (TPSA) is 27.0 Å². The van der Waals surface area contributed by atoms with Gasteiger partial charge in [-0.05, 0) is 64.3 Å². The van der Waals surface area contributed by atoms with E-state index in [1.165, 1.54) is 57.3 Å². The van der Waals surface area contributed by atoms with Crippen molar-refractivity contribution in [2.45, 2.75) is 86.1 Å². The average Bonchev–Trinajstić information content (AvgIpc) is 2.73. The van der Waals surface area contributed by atoms with Crippen LogP contribution in [0.25, 0.3) is 0 Å². The molecule has 0 N–H and O–H groups in total. The van der Waals surface area contributed by atoms with Gasteiger partial charge in [0.05, 0.1) is 6.07 Å². The maximum absolute atomic E-state index is 11.9. The molecule has 1 heterocycles. The summed E-state index contributed by atoms with van der Waals surface area (Å²) in [5, 5.41) is 8.77. The first kappa shape index (κ1) is 26.8. The molecule has 1 aliphatic heterocycles. The Morgan fingerprint density at radius 3 is 1.92 bits per heavy atom. The Morgan fingerprint density at radius 2 is 1.54 bits per heavy atom. The monoisotopic (exact) mass is 364 g/mol. The van der Waals surface area contributed by atoms with Gasteiger partial charge < -0.3 is 4.90 Å². The molecule has 1 fully saturated rings. The maximum Gasteiger partial charge on any atom is 0.123 e. The third-order valence-corrected chi connectivity index (χ3v) is 4.26. The zero-order valence-corrected chi connectivity index (χ0v) is 18.0. The lowest BCUT2D eigenvalue weighted by atomic mass is 9.98. The number of nitrogens with zero attached hydrogens (tertiary/aromatic N) is 2. The SMILES string of the molecule is CC.CC.CCC(CCC(C)C#N)N1CCCCC1.Fc1ccccc1. The van der Waals surface area contributed by atoms with Crippen LogP contribution in [0.15, 0.2) is 30.3 Å². The van der Waals surface area contributed by atoms with E-state index >= 15 is 0 Å². The number of benzene rings is 1. The van der Waals surface area contributed by atoms with E-state index in [-0.39, 0.29) is 11.7 Å². The van der Waals surface area contributed by atoms with E-state index in [1.54, 1.807) is 18.2 Å². The second-order valence-electron chi connectivity index (χ2n) is 6.06. The number of halogens is 1. The average molecular weight is 365 g/mol. The maximum atomic E-state index is 11.9. The molecule has 0 aromatic heterocycles. The van der Waals surface area contributed by atoms with Gasteiger partial charge in [-0.25, -0.2) is 4.39 Å². The third-order valence-electron chi connectivity index (χ3n) is 4.26. The summed E-state index contributed by atoms with van der Waals surface area (Å²) in [4.78, 5) is 2.63. The van der Waals surface area contributed by atoms with Crippen LogP contribution < -0.4 is 0 Å². The van der Waals surface area contributed by atoms with Crippen LogP contribution in [0.1, 0.15) is 80.1 Å². The Labute approximate surface area is 162 Å². The van der Waals surface area contributed by atoms with Gasteiger partial charge in [0.15, 0.2) is 0 Å². The second kappa shape index (κ2) is 19.9. The van der Waals surface area contributed by atoms with Gasteiger partial charge >= 0.3 is 0 Å². The van der Waals surface area contributed by atoms with Gasteiger partial charge in [-0.2, -0.15) is 5.26 Å². The highest BCUT2D eigenvalue weighted by molar-refractivity contribution is 5.02. The Morgan fingerprint density at radius 1 is 1.00 bits per heavy atom. The summed E-state index contributed by atoms with van der Waals surface area (Å²) in [6, 6.07) is 11.0. The molecule has 1 aliphatic rings. The Bertz CT molecular complexity index is 422. The number of nitriles is 1. The Hall–Kier alpha value is -1.40.